The van der Waals surface area contributed by atoms with Gasteiger partial charge in [-0.25, -0.2) is 4.79 Å². The Morgan fingerprint density at radius 3 is 2.35 bits per heavy atom. The number of hydrogen-bond acceptors (Lipinski definition) is 7. The molecule has 182 valence electrons. The van der Waals surface area contributed by atoms with Crippen LogP contribution < -0.4 is 5.48 Å². The molecule has 6 rings (SSSR count). The SMILES string of the molecule is C[C@H](CS)C(=O)O[C@@H](CSc1cccc2ccccc12)C(=O)ONC12CC3CC(CC(C3)C1)C2. The molecule has 4 bridgehead atoms. The fraction of sp³-hybridized carbons (Fsp3) is 0.556. The normalized spacial score (nSPS) is 29.1. The van der Waals surface area contributed by atoms with Crippen molar-refractivity contribution in [3.63, 3.8) is 0 Å². The Balaban J connectivity index is 1.27. The highest BCUT2D eigenvalue weighted by molar-refractivity contribution is 7.99. The highest BCUT2D eigenvalue weighted by Gasteiger charge is 2.52. The fourth-order valence-corrected chi connectivity index (χ4v) is 7.63. The van der Waals surface area contributed by atoms with Crippen LogP contribution >= 0.6 is 24.4 Å². The minimum Gasteiger partial charge on any atom is -0.449 e. The Hall–Kier alpha value is -1.70. The Bertz CT molecular complexity index is 1020. The highest BCUT2D eigenvalue weighted by Crippen LogP contribution is 2.55. The van der Waals surface area contributed by atoms with E-state index in [2.05, 4.69) is 36.3 Å². The van der Waals surface area contributed by atoms with Gasteiger partial charge in [0.15, 0.2) is 0 Å². The van der Waals surface area contributed by atoms with Gasteiger partial charge in [0, 0.05) is 16.4 Å². The van der Waals surface area contributed by atoms with Gasteiger partial charge in [0.2, 0.25) is 6.10 Å². The molecule has 0 radical (unpaired) electrons. The quantitative estimate of drug-likeness (QED) is 0.208. The lowest BCUT2D eigenvalue weighted by Gasteiger charge is -2.56. The van der Waals surface area contributed by atoms with E-state index in [9.17, 15) is 9.59 Å². The predicted molar refractivity (Wildman–Crippen MR) is 138 cm³/mol. The van der Waals surface area contributed by atoms with Gasteiger partial charge in [0.1, 0.15) is 0 Å². The smallest absolute Gasteiger partial charge is 0.366 e. The van der Waals surface area contributed by atoms with E-state index < -0.39 is 24.0 Å². The van der Waals surface area contributed by atoms with Crippen molar-refractivity contribution in [1.82, 2.24) is 5.48 Å². The van der Waals surface area contributed by atoms with Crippen LogP contribution in [0.1, 0.15) is 45.4 Å². The summed E-state index contributed by atoms with van der Waals surface area (Å²) in [5, 5.41) is 2.25. The minimum atomic E-state index is -0.986. The van der Waals surface area contributed by atoms with Crippen LogP contribution in [0.3, 0.4) is 0 Å². The predicted octanol–water partition coefficient (Wildman–Crippen LogP) is 5.43. The second-order valence-electron chi connectivity index (χ2n) is 10.5. The largest absolute Gasteiger partial charge is 0.449 e. The first-order valence-corrected chi connectivity index (χ1v) is 14.0. The summed E-state index contributed by atoms with van der Waals surface area (Å²) in [6, 6.07) is 14.2. The molecule has 4 aliphatic rings. The van der Waals surface area contributed by atoms with Gasteiger partial charge in [-0.15, -0.1) is 17.2 Å². The van der Waals surface area contributed by atoms with Crippen molar-refractivity contribution in [3.05, 3.63) is 42.5 Å². The molecule has 0 amide bonds. The van der Waals surface area contributed by atoms with E-state index in [4.69, 9.17) is 9.57 Å². The summed E-state index contributed by atoms with van der Waals surface area (Å²) in [7, 11) is 0. The van der Waals surface area contributed by atoms with E-state index in [-0.39, 0.29) is 5.54 Å². The standard InChI is InChI=1S/C27H33NO4S2/c1-17(15-33)25(29)31-23(16-34-24-8-4-6-21-5-2-3-7-22(21)24)26(30)32-28-27-12-18-9-19(13-27)11-20(10-18)14-27/h2-8,17-20,23,28,33H,9-16H2,1H3/t17-,18?,19?,20?,23+,27?/m1/s1. The molecule has 1 N–H and O–H groups in total. The molecule has 2 aromatic carbocycles. The lowest BCUT2D eigenvalue weighted by molar-refractivity contribution is -0.182. The monoisotopic (exact) mass is 499 g/mol. The van der Waals surface area contributed by atoms with Crippen LogP contribution in [0.25, 0.3) is 10.8 Å². The molecular weight excluding hydrogens is 466 g/mol. The molecule has 4 saturated carbocycles. The average molecular weight is 500 g/mol. The lowest BCUT2D eigenvalue weighted by Crippen LogP contribution is -2.59. The number of thioether (sulfide) groups is 1. The van der Waals surface area contributed by atoms with E-state index in [1.807, 2.05) is 24.3 Å². The van der Waals surface area contributed by atoms with Gasteiger partial charge in [0.25, 0.3) is 0 Å². The van der Waals surface area contributed by atoms with Crippen molar-refractivity contribution in [1.29, 1.82) is 0 Å². The topological polar surface area (TPSA) is 64.6 Å². The number of esters is 1. The van der Waals surface area contributed by atoms with Crippen molar-refractivity contribution in [2.24, 2.45) is 23.7 Å². The molecule has 0 aromatic heterocycles. The summed E-state index contributed by atoms with van der Waals surface area (Å²) < 4.78 is 5.65. The van der Waals surface area contributed by atoms with Crippen LogP contribution in [0.5, 0.6) is 0 Å². The summed E-state index contributed by atoms with van der Waals surface area (Å²) in [4.78, 5) is 32.4. The van der Waals surface area contributed by atoms with Gasteiger partial charge < -0.3 is 9.57 Å². The molecule has 7 heteroatoms. The maximum atomic E-state index is 13.2. The van der Waals surface area contributed by atoms with Crippen LogP contribution in [0.15, 0.2) is 47.4 Å². The Labute approximate surface area is 211 Å². The first kappa shape index (κ1) is 24.0. The number of hydrogen-bond donors (Lipinski definition) is 2. The van der Waals surface area contributed by atoms with Crippen LogP contribution in [-0.2, 0) is 19.2 Å². The summed E-state index contributed by atoms with van der Waals surface area (Å²) in [6.07, 6.45) is 6.17. The molecular formula is C27H33NO4S2. The fourth-order valence-electron chi connectivity index (χ4n) is 6.43. The van der Waals surface area contributed by atoms with Crippen LogP contribution in [0.2, 0.25) is 0 Å². The summed E-state index contributed by atoms with van der Waals surface area (Å²) in [5.74, 6) is 1.53. The van der Waals surface area contributed by atoms with Crippen molar-refractivity contribution in [2.45, 2.75) is 62.0 Å². The average Bonchev–Trinajstić information content (AvgIpc) is 2.83. The van der Waals surface area contributed by atoms with Crippen LogP contribution in [-0.4, -0.2) is 35.1 Å². The Kier molecular flexibility index (Phi) is 7.14. The summed E-state index contributed by atoms with van der Waals surface area (Å²) in [5.41, 5.74) is 3.08. The second kappa shape index (κ2) is 10.1. The van der Waals surface area contributed by atoms with Crippen LogP contribution in [0.4, 0.5) is 0 Å². The van der Waals surface area contributed by atoms with E-state index in [0.717, 1.165) is 52.7 Å². The third kappa shape index (κ3) is 5.12. The van der Waals surface area contributed by atoms with Gasteiger partial charge in [-0.05, 0) is 73.1 Å². The molecule has 0 aliphatic heterocycles. The number of hydroxylamine groups is 1. The lowest BCUT2D eigenvalue weighted by atomic mass is 9.53. The molecule has 5 nitrogen and oxygen atoms in total. The third-order valence-electron chi connectivity index (χ3n) is 7.74. The molecule has 0 spiro atoms. The van der Waals surface area contributed by atoms with Crippen molar-refractivity contribution in [2.75, 3.05) is 11.5 Å². The van der Waals surface area contributed by atoms with E-state index in [1.165, 1.54) is 31.0 Å². The van der Waals surface area contributed by atoms with Gasteiger partial charge in [0.05, 0.1) is 11.5 Å². The van der Waals surface area contributed by atoms with Crippen molar-refractivity contribution in [3.8, 4) is 0 Å². The van der Waals surface area contributed by atoms with E-state index in [1.54, 1.807) is 6.92 Å². The number of carbonyl (C=O) groups excluding carboxylic acids is 2. The Morgan fingerprint density at radius 1 is 1.03 bits per heavy atom. The summed E-state index contributed by atoms with van der Waals surface area (Å²) in [6.45, 7) is 1.75. The van der Waals surface area contributed by atoms with E-state index in [0.29, 0.717) is 11.5 Å². The zero-order chi connectivity index (χ0) is 23.7. The maximum Gasteiger partial charge on any atom is 0.366 e. The second-order valence-corrected chi connectivity index (χ2v) is 11.9. The number of fused-ring (bicyclic) bond motifs is 1. The first-order chi connectivity index (χ1) is 16.4. The molecule has 2 atom stereocenters. The molecule has 2 aromatic rings. The third-order valence-corrected chi connectivity index (χ3v) is 9.43. The number of benzene rings is 2. The van der Waals surface area contributed by atoms with Crippen molar-refractivity contribution >= 4 is 47.1 Å². The number of thiol groups is 1. The molecule has 34 heavy (non-hydrogen) atoms. The van der Waals surface area contributed by atoms with Crippen LogP contribution in [0, 0.1) is 23.7 Å². The zero-order valence-electron chi connectivity index (χ0n) is 19.6. The van der Waals surface area contributed by atoms with Crippen molar-refractivity contribution < 1.29 is 19.2 Å². The highest BCUT2D eigenvalue weighted by atomic mass is 32.2. The van der Waals surface area contributed by atoms with Gasteiger partial charge in [-0.1, -0.05) is 43.3 Å². The number of carbonyl (C=O) groups is 2. The van der Waals surface area contributed by atoms with E-state index >= 15 is 0 Å². The molecule has 0 heterocycles. The van der Waals surface area contributed by atoms with Gasteiger partial charge >= 0.3 is 11.9 Å². The molecule has 0 unspecified atom stereocenters. The number of ether oxygens (including phenoxy) is 1. The minimum absolute atomic E-state index is 0.111. The van der Waals surface area contributed by atoms with Gasteiger partial charge in [-0.2, -0.15) is 12.6 Å². The molecule has 0 saturated heterocycles. The molecule has 4 aliphatic carbocycles. The number of rotatable bonds is 9. The summed E-state index contributed by atoms with van der Waals surface area (Å²) >= 11 is 5.71. The molecule has 4 fully saturated rings. The zero-order valence-corrected chi connectivity index (χ0v) is 21.3. The first-order valence-electron chi connectivity index (χ1n) is 12.3. The van der Waals surface area contributed by atoms with Gasteiger partial charge in [-0.3, -0.25) is 4.79 Å². The maximum absolute atomic E-state index is 13.2. The Morgan fingerprint density at radius 2 is 1.68 bits per heavy atom. The number of nitrogens with one attached hydrogen (secondary N) is 1.